The molecule has 0 aromatic heterocycles. The molecule has 0 spiro atoms. The first-order valence-corrected chi connectivity index (χ1v) is 11.8. The van der Waals surface area contributed by atoms with Crippen LogP contribution in [0.1, 0.15) is 30.4 Å². The maximum atomic E-state index is 6.34. The molecule has 0 unspecified atom stereocenters. The van der Waals surface area contributed by atoms with E-state index in [-0.39, 0.29) is 0 Å². The van der Waals surface area contributed by atoms with Crippen molar-refractivity contribution < 1.29 is 0 Å². The molecule has 3 aromatic rings. The summed E-state index contributed by atoms with van der Waals surface area (Å²) in [7, 11) is 0. The molecule has 32 heavy (non-hydrogen) atoms. The van der Waals surface area contributed by atoms with Gasteiger partial charge in [0.2, 0.25) is 0 Å². The highest BCUT2D eigenvalue weighted by Gasteiger charge is 2.26. The molecule has 0 atom stereocenters. The van der Waals surface area contributed by atoms with Crippen molar-refractivity contribution in [2.75, 3.05) is 5.32 Å². The minimum absolute atomic E-state index is 0.479. The van der Waals surface area contributed by atoms with Gasteiger partial charge in [0.1, 0.15) is 0 Å². The quantitative estimate of drug-likeness (QED) is 0.373. The molecule has 0 saturated heterocycles. The minimum Gasteiger partial charge on any atom is -0.353 e. The summed E-state index contributed by atoms with van der Waals surface area (Å²) in [5.41, 5.74) is 8.06. The van der Waals surface area contributed by atoms with Crippen molar-refractivity contribution in [3.63, 3.8) is 0 Å². The van der Waals surface area contributed by atoms with Crippen LogP contribution in [0.4, 0.5) is 11.4 Å². The first-order chi connectivity index (χ1) is 15.5. The molecule has 1 fully saturated rings. The average Bonchev–Trinajstić information content (AvgIpc) is 2.94. The third-order valence-electron chi connectivity index (χ3n) is 5.64. The number of hydrogen-bond donors (Lipinski definition) is 1. The maximum Gasteiger partial charge on any atom is 0.0887 e. The number of aliphatic imine (C=N–C) groups is 1. The summed E-state index contributed by atoms with van der Waals surface area (Å²) in [5, 5.41) is 5.97. The van der Waals surface area contributed by atoms with Crippen molar-refractivity contribution in [2.24, 2.45) is 4.99 Å². The monoisotopic (exact) mass is 498 g/mol. The Balaban J connectivity index is 1.72. The van der Waals surface area contributed by atoms with Gasteiger partial charge in [0.05, 0.1) is 32.8 Å². The second-order valence-corrected chi connectivity index (χ2v) is 9.49. The Morgan fingerprint density at radius 2 is 1.44 bits per heavy atom. The highest BCUT2D eigenvalue weighted by Crippen LogP contribution is 2.43. The van der Waals surface area contributed by atoms with E-state index in [4.69, 9.17) is 51.4 Å². The molecule has 2 aliphatic rings. The van der Waals surface area contributed by atoms with Gasteiger partial charge in [-0.05, 0) is 78.4 Å². The van der Waals surface area contributed by atoms with Crippen LogP contribution in [-0.2, 0) is 0 Å². The Labute approximate surface area is 207 Å². The van der Waals surface area contributed by atoms with Crippen molar-refractivity contribution in [1.82, 2.24) is 0 Å². The van der Waals surface area contributed by atoms with Gasteiger partial charge in [0, 0.05) is 15.6 Å². The van der Waals surface area contributed by atoms with Crippen LogP contribution in [0.15, 0.2) is 76.8 Å². The van der Waals surface area contributed by atoms with Gasteiger partial charge < -0.3 is 5.32 Å². The summed E-state index contributed by atoms with van der Waals surface area (Å²) >= 11 is 24.9. The Morgan fingerprint density at radius 1 is 0.781 bits per heavy atom. The molecular formula is C26H18Cl4N2. The largest absolute Gasteiger partial charge is 0.353 e. The SMILES string of the molecule is Clc1ccc(/C=C2\CCCC3=C(c4ccc(Cl)cc4)Nc4cc(Cl)c(Cl)cc4N=C32)cc1. The van der Waals surface area contributed by atoms with Crippen LogP contribution in [-0.4, -0.2) is 5.71 Å². The molecule has 0 radical (unpaired) electrons. The molecule has 3 aromatic carbocycles. The smallest absolute Gasteiger partial charge is 0.0887 e. The summed E-state index contributed by atoms with van der Waals surface area (Å²) in [6.07, 6.45) is 5.08. The number of hydrogen-bond acceptors (Lipinski definition) is 2. The van der Waals surface area contributed by atoms with E-state index in [1.54, 1.807) is 0 Å². The molecule has 1 aliphatic heterocycles. The fourth-order valence-electron chi connectivity index (χ4n) is 4.09. The van der Waals surface area contributed by atoms with Crippen LogP contribution in [0.3, 0.4) is 0 Å². The van der Waals surface area contributed by atoms with Crippen LogP contribution < -0.4 is 5.32 Å². The van der Waals surface area contributed by atoms with Crippen LogP contribution in [0, 0.1) is 0 Å². The topological polar surface area (TPSA) is 24.4 Å². The Hall–Kier alpha value is -2.23. The molecule has 1 heterocycles. The van der Waals surface area contributed by atoms with Gasteiger partial charge in [-0.2, -0.15) is 0 Å². The lowest BCUT2D eigenvalue weighted by atomic mass is 9.84. The minimum atomic E-state index is 0.479. The van der Waals surface area contributed by atoms with Gasteiger partial charge in [-0.3, -0.25) is 0 Å². The number of allylic oxidation sites excluding steroid dienone is 2. The van der Waals surface area contributed by atoms with E-state index in [0.717, 1.165) is 58.2 Å². The van der Waals surface area contributed by atoms with Gasteiger partial charge in [-0.1, -0.05) is 70.7 Å². The maximum absolute atomic E-state index is 6.34. The molecule has 0 amide bonds. The first kappa shape index (κ1) is 21.6. The molecule has 2 nitrogen and oxygen atoms in total. The zero-order chi connectivity index (χ0) is 22.2. The summed E-state index contributed by atoms with van der Waals surface area (Å²) in [5.74, 6) is 0. The Kier molecular flexibility index (Phi) is 6.05. The second kappa shape index (κ2) is 8.96. The summed E-state index contributed by atoms with van der Waals surface area (Å²) in [4.78, 5) is 5.08. The molecule has 1 N–H and O–H groups in total. The van der Waals surface area contributed by atoms with Crippen LogP contribution in [0.2, 0.25) is 20.1 Å². The van der Waals surface area contributed by atoms with Crippen LogP contribution >= 0.6 is 46.4 Å². The van der Waals surface area contributed by atoms with Gasteiger partial charge in [0.25, 0.3) is 0 Å². The van der Waals surface area contributed by atoms with Gasteiger partial charge >= 0.3 is 0 Å². The third-order valence-corrected chi connectivity index (χ3v) is 6.87. The van der Waals surface area contributed by atoms with Gasteiger partial charge in [-0.15, -0.1) is 0 Å². The molecule has 6 heteroatoms. The summed E-state index contributed by atoms with van der Waals surface area (Å²) < 4.78 is 0. The number of benzene rings is 3. The summed E-state index contributed by atoms with van der Waals surface area (Å²) in [6, 6.07) is 19.3. The van der Waals surface area contributed by atoms with E-state index in [1.165, 1.54) is 11.1 Å². The van der Waals surface area contributed by atoms with E-state index < -0.39 is 0 Å². The van der Waals surface area contributed by atoms with E-state index in [1.807, 2.05) is 60.7 Å². The number of nitrogens with zero attached hydrogens (tertiary/aromatic N) is 1. The number of fused-ring (bicyclic) bond motifs is 2. The number of halogens is 4. The van der Waals surface area contributed by atoms with Crippen molar-refractivity contribution in [3.8, 4) is 0 Å². The highest BCUT2D eigenvalue weighted by molar-refractivity contribution is 6.42. The van der Waals surface area contributed by atoms with Crippen molar-refractivity contribution in [1.29, 1.82) is 0 Å². The predicted molar refractivity (Wildman–Crippen MR) is 139 cm³/mol. The standard InChI is InChI=1S/C26H18Cl4N2/c27-18-8-4-15(5-9-18)12-17-2-1-3-20-25(16-6-10-19(28)11-7-16)31-23-13-21(29)22(30)14-24(23)32-26(17)20/h4-14,31H,1-3H2/b17-12+. The fraction of sp³-hybridized carbons (Fsp3) is 0.115. The first-order valence-electron chi connectivity index (χ1n) is 10.3. The predicted octanol–water partition coefficient (Wildman–Crippen LogP) is 9.48. The number of anilines is 1. The lowest BCUT2D eigenvalue weighted by molar-refractivity contribution is 0.816. The van der Waals surface area contributed by atoms with E-state index in [9.17, 15) is 0 Å². The van der Waals surface area contributed by atoms with E-state index in [2.05, 4.69) is 11.4 Å². The normalized spacial score (nSPS) is 16.8. The molecular weight excluding hydrogens is 482 g/mol. The molecule has 5 rings (SSSR count). The molecule has 0 bridgehead atoms. The molecule has 160 valence electrons. The molecule has 1 aliphatic carbocycles. The van der Waals surface area contributed by atoms with Gasteiger partial charge in [-0.25, -0.2) is 4.99 Å². The van der Waals surface area contributed by atoms with Crippen molar-refractivity contribution in [3.05, 3.63) is 103 Å². The highest BCUT2D eigenvalue weighted by atomic mass is 35.5. The number of rotatable bonds is 2. The molecule has 1 saturated carbocycles. The Bertz CT molecular complexity index is 1290. The van der Waals surface area contributed by atoms with Crippen LogP contribution in [0.25, 0.3) is 11.8 Å². The average molecular weight is 500 g/mol. The van der Waals surface area contributed by atoms with Gasteiger partial charge in [0.15, 0.2) is 0 Å². The van der Waals surface area contributed by atoms with Crippen molar-refractivity contribution in [2.45, 2.75) is 19.3 Å². The lowest BCUT2D eigenvalue weighted by Gasteiger charge is -2.23. The fourth-order valence-corrected chi connectivity index (χ4v) is 4.67. The van der Waals surface area contributed by atoms with Crippen molar-refractivity contribution >= 4 is 75.3 Å². The lowest BCUT2D eigenvalue weighted by Crippen LogP contribution is -2.16. The second-order valence-electron chi connectivity index (χ2n) is 7.80. The zero-order valence-electron chi connectivity index (χ0n) is 16.9. The van der Waals surface area contributed by atoms with E-state index >= 15 is 0 Å². The zero-order valence-corrected chi connectivity index (χ0v) is 20.0. The summed E-state index contributed by atoms with van der Waals surface area (Å²) in [6.45, 7) is 0. The van der Waals surface area contributed by atoms with Crippen LogP contribution in [0.5, 0.6) is 0 Å². The Morgan fingerprint density at radius 3 is 2.16 bits per heavy atom. The number of nitrogens with one attached hydrogen (secondary N) is 1. The third kappa shape index (κ3) is 4.33. The van der Waals surface area contributed by atoms with E-state index in [0.29, 0.717) is 15.1 Å².